The molecule has 0 heterocycles. The summed E-state index contributed by atoms with van der Waals surface area (Å²) >= 11 is 5.18. The van der Waals surface area contributed by atoms with E-state index in [2.05, 4.69) is 35.0 Å². The van der Waals surface area contributed by atoms with Crippen molar-refractivity contribution in [3.8, 4) is 0 Å². The summed E-state index contributed by atoms with van der Waals surface area (Å²) in [4.78, 5) is 13.3. The van der Waals surface area contributed by atoms with Crippen molar-refractivity contribution in [1.82, 2.24) is 0 Å². The molecule has 20 heavy (non-hydrogen) atoms. The third kappa shape index (κ3) is 4.36. The van der Waals surface area contributed by atoms with Gasteiger partial charge in [0.25, 0.3) is 0 Å². The molecule has 1 nitrogen and oxygen atoms in total. The van der Waals surface area contributed by atoms with Crippen LogP contribution in [0.3, 0.4) is 0 Å². The largest absolute Gasteiger partial charge is 0.289 e. The summed E-state index contributed by atoms with van der Waals surface area (Å²) in [6, 6.07) is 15.6. The molecular formula is C17H15BrOS. The molecule has 0 atom stereocenters. The Bertz CT molecular complexity index is 617. The Morgan fingerprint density at radius 2 is 1.95 bits per heavy atom. The van der Waals surface area contributed by atoms with Crippen molar-refractivity contribution in [3.63, 3.8) is 0 Å². The van der Waals surface area contributed by atoms with Crippen molar-refractivity contribution >= 4 is 39.6 Å². The van der Waals surface area contributed by atoms with E-state index in [1.165, 1.54) is 4.90 Å². The molecule has 0 bridgehead atoms. The Hall–Kier alpha value is -1.32. The molecule has 2 rings (SSSR count). The second-order valence-corrected chi connectivity index (χ2v) is 6.46. The molecule has 0 N–H and O–H groups in total. The summed E-state index contributed by atoms with van der Waals surface area (Å²) in [6.45, 7) is 2.13. The zero-order valence-corrected chi connectivity index (χ0v) is 13.6. The number of hydrogen-bond donors (Lipinski definition) is 0. The van der Waals surface area contributed by atoms with E-state index >= 15 is 0 Å². The topological polar surface area (TPSA) is 17.1 Å². The summed E-state index contributed by atoms with van der Waals surface area (Å²) in [5, 5.41) is 0. The fourth-order valence-corrected chi connectivity index (χ4v) is 2.81. The monoisotopic (exact) mass is 346 g/mol. The van der Waals surface area contributed by atoms with E-state index in [0.29, 0.717) is 5.56 Å². The quantitative estimate of drug-likeness (QED) is 0.406. The number of benzene rings is 2. The van der Waals surface area contributed by atoms with Gasteiger partial charge in [0.05, 0.1) is 0 Å². The van der Waals surface area contributed by atoms with Gasteiger partial charge in [0.15, 0.2) is 5.78 Å². The lowest BCUT2D eigenvalue weighted by molar-refractivity contribution is 0.104. The van der Waals surface area contributed by atoms with Crippen LogP contribution in [0.2, 0.25) is 0 Å². The van der Waals surface area contributed by atoms with E-state index in [0.717, 1.165) is 15.8 Å². The fraction of sp³-hybridized carbons (Fsp3) is 0.118. The molecule has 0 saturated carbocycles. The average molecular weight is 347 g/mol. The van der Waals surface area contributed by atoms with Crippen LogP contribution in [0.4, 0.5) is 0 Å². The Morgan fingerprint density at radius 1 is 1.20 bits per heavy atom. The van der Waals surface area contributed by atoms with E-state index in [1.807, 2.05) is 54.2 Å². The maximum absolute atomic E-state index is 12.0. The summed E-state index contributed by atoms with van der Waals surface area (Å²) in [5.74, 6) is 1.08. The number of ketones is 1. The maximum Gasteiger partial charge on any atom is 0.185 e. The molecule has 0 aliphatic heterocycles. The van der Waals surface area contributed by atoms with Crippen molar-refractivity contribution in [2.24, 2.45) is 0 Å². The van der Waals surface area contributed by atoms with Gasteiger partial charge in [-0.25, -0.2) is 0 Å². The molecule has 0 radical (unpaired) electrons. The SMILES string of the molecule is CCSc1ccc(/C=C/C(=O)c2cccc(Br)c2)cc1. The smallest absolute Gasteiger partial charge is 0.185 e. The molecule has 3 heteroatoms. The number of hydrogen-bond acceptors (Lipinski definition) is 2. The van der Waals surface area contributed by atoms with Crippen LogP contribution in [0.15, 0.2) is 64.0 Å². The molecule has 0 aromatic heterocycles. The Labute approximate surface area is 132 Å². The van der Waals surface area contributed by atoms with Gasteiger partial charge in [-0.1, -0.05) is 53.2 Å². The predicted molar refractivity (Wildman–Crippen MR) is 90.3 cm³/mol. The minimum atomic E-state index is 0.0123. The number of thioether (sulfide) groups is 1. The highest BCUT2D eigenvalue weighted by Gasteiger charge is 2.01. The summed E-state index contributed by atoms with van der Waals surface area (Å²) in [5.41, 5.74) is 1.72. The standard InChI is InChI=1S/C17H15BrOS/c1-2-20-16-9-6-13(7-10-16)8-11-17(19)14-4-3-5-15(18)12-14/h3-12H,2H2,1H3/b11-8+. The first-order chi connectivity index (χ1) is 9.69. The molecule has 0 saturated heterocycles. The molecule has 0 fully saturated rings. The summed E-state index contributed by atoms with van der Waals surface area (Å²) in [7, 11) is 0. The van der Waals surface area contributed by atoms with Gasteiger partial charge in [-0.05, 0) is 41.7 Å². The van der Waals surface area contributed by atoms with Gasteiger partial charge in [0.1, 0.15) is 0 Å². The Kier molecular flexibility index (Phi) is 5.62. The van der Waals surface area contributed by atoms with Crippen LogP contribution in [0.25, 0.3) is 6.08 Å². The average Bonchev–Trinajstić information content (AvgIpc) is 2.46. The minimum absolute atomic E-state index is 0.0123. The van der Waals surface area contributed by atoms with Crippen LogP contribution in [0.5, 0.6) is 0 Å². The molecule has 0 aliphatic rings. The highest BCUT2D eigenvalue weighted by molar-refractivity contribution is 9.10. The maximum atomic E-state index is 12.0. The first kappa shape index (κ1) is 15.1. The third-order valence-electron chi connectivity index (χ3n) is 2.73. The van der Waals surface area contributed by atoms with Crippen LogP contribution < -0.4 is 0 Å². The predicted octanol–water partition coefficient (Wildman–Crippen LogP) is 5.46. The van der Waals surface area contributed by atoms with E-state index in [9.17, 15) is 4.79 Å². The second kappa shape index (κ2) is 7.46. The van der Waals surface area contributed by atoms with Gasteiger partial charge in [-0.15, -0.1) is 11.8 Å². The second-order valence-electron chi connectivity index (χ2n) is 4.21. The number of carbonyl (C=O) groups excluding carboxylic acids is 1. The molecular weight excluding hydrogens is 332 g/mol. The molecule has 2 aromatic carbocycles. The number of rotatable bonds is 5. The lowest BCUT2D eigenvalue weighted by Crippen LogP contribution is -1.93. The number of allylic oxidation sites excluding steroid dienone is 1. The van der Waals surface area contributed by atoms with Crippen molar-refractivity contribution in [1.29, 1.82) is 0 Å². The summed E-state index contributed by atoms with van der Waals surface area (Å²) in [6.07, 6.45) is 3.47. The van der Waals surface area contributed by atoms with Gasteiger partial charge in [-0.2, -0.15) is 0 Å². The normalized spacial score (nSPS) is 10.9. The van der Waals surface area contributed by atoms with E-state index in [4.69, 9.17) is 0 Å². The van der Waals surface area contributed by atoms with Crippen LogP contribution >= 0.6 is 27.7 Å². The summed E-state index contributed by atoms with van der Waals surface area (Å²) < 4.78 is 0.915. The number of halogens is 1. The van der Waals surface area contributed by atoms with Gasteiger partial charge in [-0.3, -0.25) is 4.79 Å². The van der Waals surface area contributed by atoms with E-state index < -0.39 is 0 Å². The van der Waals surface area contributed by atoms with Crippen LogP contribution in [-0.2, 0) is 0 Å². The number of carbonyl (C=O) groups is 1. The van der Waals surface area contributed by atoms with Gasteiger partial charge >= 0.3 is 0 Å². The van der Waals surface area contributed by atoms with Gasteiger partial charge in [0.2, 0.25) is 0 Å². The van der Waals surface area contributed by atoms with Crippen molar-refractivity contribution < 1.29 is 4.79 Å². The Balaban J connectivity index is 2.07. The molecule has 0 amide bonds. The van der Waals surface area contributed by atoms with Crippen LogP contribution in [0.1, 0.15) is 22.8 Å². The van der Waals surface area contributed by atoms with Crippen molar-refractivity contribution in [3.05, 3.63) is 70.2 Å². The van der Waals surface area contributed by atoms with E-state index in [1.54, 1.807) is 6.08 Å². The molecule has 0 aliphatic carbocycles. The molecule has 0 unspecified atom stereocenters. The van der Waals surface area contributed by atoms with Crippen molar-refractivity contribution in [2.75, 3.05) is 5.75 Å². The third-order valence-corrected chi connectivity index (χ3v) is 4.11. The van der Waals surface area contributed by atoms with Crippen LogP contribution in [0, 0.1) is 0 Å². The minimum Gasteiger partial charge on any atom is -0.289 e. The lowest BCUT2D eigenvalue weighted by Gasteiger charge is -1.99. The lowest BCUT2D eigenvalue weighted by atomic mass is 10.1. The highest BCUT2D eigenvalue weighted by Crippen LogP contribution is 2.18. The van der Waals surface area contributed by atoms with E-state index in [-0.39, 0.29) is 5.78 Å². The van der Waals surface area contributed by atoms with Crippen LogP contribution in [-0.4, -0.2) is 11.5 Å². The zero-order chi connectivity index (χ0) is 14.4. The Morgan fingerprint density at radius 3 is 2.60 bits per heavy atom. The zero-order valence-electron chi connectivity index (χ0n) is 11.2. The molecule has 0 spiro atoms. The highest BCUT2D eigenvalue weighted by atomic mass is 79.9. The van der Waals surface area contributed by atoms with Gasteiger partial charge < -0.3 is 0 Å². The fourth-order valence-electron chi connectivity index (χ4n) is 1.75. The molecule has 102 valence electrons. The molecule has 2 aromatic rings. The first-order valence-electron chi connectivity index (χ1n) is 6.40. The first-order valence-corrected chi connectivity index (χ1v) is 8.18. The van der Waals surface area contributed by atoms with Gasteiger partial charge in [0, 0.05) is 14.9 Å². The van der Waals surface area contributed by atoms with Crippen molar-refractivity contribution in [2.45, 2.75) is 11.8 Å².